The molecule has 2 amide bonds. The Morgan fingerprint density at radius 2 is 1.57 bits per heavy atom. The number of ether oxygens (including phenoxy) is 1. The minimum atomic E-state index is -0.0173. The van der Waals surface area contributed by atoms with E-state index in [1.165, 1.54) is 5.56 Å². The first-order chi connectivity index (χ1) is 17.2. The van der Waals surface area contributed by atoms with E-state index in [1.54, 1.807) is 0 Å². The van der Waals surface area contributed by atoms with Crippen LogP contribution in [0, 0.1) is 5.92 Å². The molecule has 7 nitrogen and oxygen atoms in total. The Morgan fingerprint density at radius 1 is 0.829 bits per heavy atom. The van der Waals surface area contributed by atoms with Gasteiger partial charge in [0, 0.05) is 63.3 Å². The summed E-state index contributed by atoms with van der Waals surface area (Å²) in [6.45, 7) is 5.34. The van der Waals surface area contributed by atoms with Crippen LogP contribution < -0.4 is 4.74 Å². The Balaban J connectivity index is 1.07. The van der Waals surface area contributed by atoms with Crippen molar-refractivity contribution in [3.05, 3.63) is 72.4 Å². The number of amides is 2. The van der Waals surface area contributed by atoms with E-state index in [4.69, 9.17) is 4.74 Å². The summed E-state index contributed by atoms with van der Waals surface area (Å²) in [6.07, 6.45) is 3.28. The Hall–Kier alpha value is -3.45. The van der Waals surface area contributed by atoms with Gasteiger partial charge in [-0.05, 0) is 36.6 Å². The molecule has 5 rings (SSSR count). The van der Waals surface area contributed by atoms with Gasteiger partial charge in [-0.3, -0.25) is 19.5 Å². The number of piperazine rings is 1. The summed E-state index contributed by atoms with van der Waals surface area (Å²) in [4.78, 5) is 36.5. The van der Waals surface area contributed by atoms with Crippen LogP contribution in [0.3, 0.4) is 0 Å². The molecule has 0 aliphatic carbocycles. The molecule has 2 aromatic carbocycles. The molecule has 0 N–H and O–H groups in total. The SMILES string of the molecule is O=C(COc1ccccc1)N1CCC(C(=O)N2CCN(Cc3cccc4cccnc34)CC2)CC1. The number of pyridine rings is 1. The summed E-state index contributed by atoms with van der Waals surface area (Å²) in [5.41, 5.74) is 2.29. The first-order valence-corrected chi connectivity index (χ1v) is 12.5. The van der Waals surface area contributed by atoms with Gasteiger partial charge in [0.05, 0.1) is 5.52 Å². The third-order valence-electron chi connectivity index (χ3n) is 7.10. The highest BCUT2D eigenvalue weighted by atomic mass is 16.5. The molecule has 2 aliphatic rings. The lowest BCUT2D eigenvalue weighted by Crippen LogP contribution is -2.51. The van der Waals surface area contributed by atoms with Gasteiger partial charge in [0.2, 0.25) is 5.91 Å². The molecule has 182 valence electrons. The average Bonchev–Trinajstić information content (AvgIpc) is 2.93. The van der Waals surface area contributed by atoms with Crippen molar-refractivity contribution in [3.8, 4) is 5.75 Å². The molecular formula is C28H32N4O3. The van der Waals surface area contributed by atoms with Crippen LogP contribution in [0.15, 0.2) is 66.9 Å². The number of likely N-dealkylation sites (tertiary alicyclic amines) is 1. The summed E-state index contributed by atoms with van der Waals surface area (Å²) in [5.74, 6) is 0.921. The lowest BCUT2D eigenvalue weighted by Gasteiger charge is -2.38. The molecule has 35 heavy (non-hydrogen) atoms. The fraction of sp³-hybridized carbons (Fsp3) is 0.393. The van der Waals surface area contributed by atoms with Crippen molar-refractivity contribution in [1.82, 2.24) is 19.7 Å². The van der Waals surface area contributed by atoms with Gasteiger partial charge < -0.3 is 14.5 Å². The summed E-state index contributed by atoms with van der Waals surface area (Å²) in [5, 5.41) is 1.16. The number of carbonyl (C=O) groups is 2. The maximum absolute atomic E-state index is 13.1. The van der Waals surface area contributed by atoms with Gasteiger partial charge in [-0.15, -0.1) is 0 Å². The lowest BCUT2D eigenvalue weighted by molar-refractivity contribution is -0.142. The molecule has 3 heterocycles. The Labute approximate surface area is 206 Å². The predicted octanol–water partition coefficient (Wildman–Crippen LogP) is 3.20. The number of piperidine rings is 1. The van der Waals surface area contributed by atoms with Gasteiger partial charge in [-0.25, -0.2) is 0 Å². The van der Waals surface area contributed by atoms with E-state index >= 15 is 0 Å². The number of hydrogen-bond donors (Lipinski definition) is 0. The van der Waals surface area contributed by atoms with E-state index in [-0.39, 0.29) is 24.3 Å². The number of fused-ring (bicyclic) bond motifs is 1. The van der Waals surface area contributed by atoms with Crippen LogP contribution >= 0.6 is 0 Å². The van der Waals surface area contributed by atoms with Crippen molar-refractivity contribution in [3.63, 3.8) is 0 Å². The number of aromatic nitrogens is 1. The fourth-order valence-electron chi connectivity index (χ4n) is 5.05. The number of carbonyl (C=O) groups excluding carboxylic acids is 2. The van der Waals surface area contributed by atoms with Gasteiger partial charge in [0.15, 0.2) is 6.61 Å². The van der Waals surface area contributed by atoms with E-state index in [0.717, 1.165) is 56.5 Å². The van der Waals surface area contributed by atoms with Crippen LogP contribution in [-0.2, 0) is 16.1 Å². The van der Waals surface area contributed by atoms with Gasteiger partial charge >= 0.3 is 0 Å². The molecule has 0 saturated carbocycles. The van der Waals surface area contributed by atoms with Crippen molar-refractivity contribution in [1.29, 1.82) is 0 Å². The van der Waals surface area contributed by atoms with Crippen LogP contribution in [0.5, 0.6) is 5.75 Å². The second-order valence-electron chi connectivity index (χ2n) is 9.35. The second-order valence-corrected chi connectivity index (χ2v) is 9.35. The van der Waals surface area contributed by atoms with Gasteiger partial charge in [0.25, 0.3) is 5.91 Å². The molecule has 2 fully saturated rings. The molecule has 2 aliphatic heterocycles. The smallest absolute Gasteiger partial charge is 0.260 e. The number of rotatable bonds is 6. The van der Waals surface area contributed by atoms with Crippen LogP contribution in [-0.4, -0.2) is 77.4 Å². The molecule has 2 saturated heterocycles. The molecule has 7 heteroatoms. The Bertz CT molecular complexity index is 1150. The lowest BCUT2D eigenvalue weighted by atomic mass is 9.95. The minimum absolute atomic E-state index is 0.00269. The van der Waals surface area contributed by atoms with E-state index in [9.17, 15) is 9.59 Å². The monoisotopic (exact) mass is 472 g/mol. The average molecular weight is 473 g/mol. The summed E-state index contributed by atoms with van der Waals surface area (Å²) in [6, 6.07) is 19.8. The second kappa shape index (κ2) is 10.9. The van der Waals surface area contributed by atoms with Crippen molar-refractivity contribution in [2.75, 3.05) is 45.9 Å². The van der Waals surface area contributed by atoms with Gasteiger partial charge in [-0.1, -0.05) is 42.5 Å². The number of benzene rings is 2. The molecule has 0 spiro atoms. The molecule has 0 atom stereocenters. The number of para-hydroxylation sites is 2. The van der Waals surface area contributed by atoms with Crippen LogP contribution in [0.25, 0.3) is 10.9 Å². The van der Waals surface area contributed by atoms with Gasteiger partial charge in [0.1, 0.15) is 5.75 Å². The quantitative estimate of drug-likeness (QED) is 0.551. The molecule has 1 aromatic heterocycles. The van der Waals surface area contributed by atoms with Crippen LogP contribution in [0.1, 0.15) is 18.4 Å². The molecule has 0 unspecified atom stereocenters. The highest BCUT2D eigenvalue weighted by molar-refractivity contribution is 5.82. The maximum atomic E-state index is 13.1. The van der Waals surface area contributed by atoms with E-state index in [1.807, 2.05) is 52.4 Å². The van der Waals surface area contributed by atoms with Crippen molar-refractivity contribution < 1.29 is 14.3 Å². The summed E-state index contributed by atoms with van der Waals surface area (Å²) in [7, 11) is 0. The van der Waals surface area contributed by atoms with Crippen molar-refractivity contribution in [2.45, 2.75) is 19.4 Å². The Kier molecular flexibility index (Phi) is 7.23. The molecular weight excluding hydrogens is 440 g/mol. The largest absolute Gasteiger partial charge is 0.484 e. The predicted molar refractivity (Wildman–Crippen MR) is 135 cm³/mol. The van der Waals surface area contributed by atoms with E-state index in [2.05, 4.69) is 34.1 Å². The molecule has 0 radical (unpaired) electrons. The zero-order valence-electron chi connectivity index (χ0n) is 20.0. The summed E-state index contributed by atoms with van der Waals surface area (Å²) < 4.78 is 5.59. The zero-order chi connectivity index (χ0) is 24.0. The van der Waals surface area contributed by atoms with E-state index in [0.29, 0.717) is 18.8 Å². The third-order valence-corrected chi connectivity index (χ3v) is 7.10. The zero-order valence-corrected chi connectivity index (χ0v) is 20.0. The topological polar surface area (TPSA) is 66.0 Å². The number of hydrogen-bond acceptors (Lipinski definition) is 5. The van der Waals surface area contributed by atoms with Crippen molar-refractivity contribution in [2.24, 2.45) is 5.92 Å². The number of nitrogens with zero attached hydrogens (tertiary/aromatic N) is 4. The standard InChI is InChI=1S/C28H32N4O3/c33-26(21-35-25-9-2-1-3-10-25)31-14-11-23(12-15-31)28(34)32-18-16-30(17-19-32)20-24-7-4-6-22-8-5-13-29-27(22)24/h1-10,13,23H,11-12,14-21H2. The maximum Gasteiger partial charge on any atom is 0.260 e. The van der Waals surface area contributed by atoms with Gasteiger partial charge in [-0.2, -0.15) is 0 Å². The van der Waals surface area contributed by atoms with Crippen LogP contribution in [0.2, 0.25) is 0 Å². The molecule has 3 aromatic rings. The van der Waals surface area contributed by atoms with Crippen molar-refractivity contribution >= 4 is 22.7 Å². The third kappa shape index (κ3) is 5.62. The molecule has 0 bridgehead atoms. The normalized spacial score (nSPS) is 17.5. The highest BCUT2D eigenvalue weighted by Crippen LogP contribution is 2.22. The Morgan fingerprint density at radius 3 is 2.34 bits per heavy atom. The summed E-state index contributed by atoms with van der Waals surface area (Å²) >= 11 is 0. The van der Waals surface area contributed by atoms with E-state index < -0.39 is 0 Å². The fourth-order valence-corrected chi connectivity index (χ4v) is 5.05. The highest BCUT2D eigenvalue weighted by Gasteiger charge is 2.31. The first kappa shape index (κ1) is 23.3. The first-order valence-electron chi connectivity index (χ1n) is 12.5. The minimum Gasteiger partial charge on any atom is -0.484 e. The van der Waals surface area contributed by atoms with Crippen LogP contribution in [0.4, 0.5) is 0 Å².